The number of halogens is 3. The Balaban J connectivity index is 2.69. The Hall–Kier alpha value is -1.60. The minimum Gasteiger partial charge on any atom is -0.495 e. The van der Waals surface area contributed by atoms with Crippen LogP contribution >= 0.6 is 34.8 Å². The summed E-state index contributed by atoms with van der Waals surface area (Å²) < 4.78 is 38.0. The largest absolute Gasteiger partial charge is 0.495 e. The van der Waals surface area contributed by atoms with Crippen LogP contribution in [0.25, 0.3) is 0 Å². The summed E-state index contributed by atoms with van der Waals surface area (Å²) in [7, 11) is -1.25. The second-order valence-corrected chi connectivity index (χ2v) is 8.06. The maximum Gasteiger partial charge on any atom is 0.266 e. The molecule has 0 amide bonds. The molecule has 0 N–H and O–H groups in total. The van der Waals surface area contributed by atoms with Crippen LogP contribution in [0.15, 0.2) is 47.9 Å². The van der Waals surface area contributed by atoms with E-state index < -0.39 is 10.0 Å². The molecule has 0 unspecified atom stereocenters. The van der Waals surface area contributed by atoms with Crippen molar-refractivity contribution in [1.29, 1.82) is 0 Å². The molecule has 0 aliphatic carbocycles. The summed E-state index contributed by atoms with van der Waals surface area (Å²) in [5.41, 5.74) is 0.253. The number of benzene rings is 2. The van der Waals surface area contributed by atoms with Gasteiger partial charge in [0.1, 0.15) is 21.4 Å². The van der Waals surface area contributed by atoms with Crippen LogP contribution in [0.1, 0.15) is 0 Å². The lowest BCUT2D eigenvalue weighted by Gasteiger charge is -2.25. The van der Waals surface area contributed by atoms with Crippen LogP contribution in [0, 0.1) is 0 Å². The Morgan fingerprint density at radius 2 is 1.65 bits per heavy atom. The first kappa shape index (κ1) is 20.7. The summed E-state index contributed by atoms with van der Waals surface area (Å²) in [6.45, 7) is 3.59. The molecule has 140 valence electrons. The van der Waals surface area contributed by atoms with Gasteiger partial charge in [0.05, 0.1) is 31.5 Å². The van der Waals surface area contributed by atoms with Crippen LogP contribution in [0.4, 0.5) is 5.69 Å². The van der Waals surface area contributed by atoms with Crippen LogP contribution in [-0.2, 0) is 10.0 Å². The monoisotopic (exact) mass is 435 g/mol. The van der Waals surface area contributed by atoms with Crippen LogP contribution in [0.2, 0.25) is 15.1 Å². The van der Waals surface area contributed by atoms with Crippen LogP contribution in [0.3, 0.4) is 0 Å². The molecule has 0 aromatic heterocycles. The van der Waals surface area contributed by atoms with E-state index in [1.807, 2.05) is 0 Å². The molecule has 0 aliphatic rings. The maximum absolute atomic E-state index is 13.3. The zero-order valence-corrected chi connectivity index (χ0v) is 17.1. The molecule has 5 nitrogen and oxygen atoms in total. The fraction of sp³-hybridized carbons (Fsp3) is 0.176. The first-order valence-corrected chi connectivity index (χ1v) is 9.84. The molecule has 0 atom stereocenters. The standard InChI is InChI=1S/C17H16Cl3NO4S/c1-4-9-21(12-10-11(18)5-6-13(12)24-2)26(22,23)15-8-7-14(25-3)16(19)17(15)20/h4-8,10H,1,9H2,2-3H3. The van der Waals surface area contributed by atoms with Crippen molar-refractivity contribution >= 4 is 50.5 Å². The molecule has 2 rings (SSSR count). The van der Waals surface area contributed by atoms with Gasteiger partial charge >= 0.3 is 0 Å². The number of anilines is 1. The minimum absolute atomic E-state index is 0.00635. The van der Waals surface area contributed by atoms with E-state index in [1.165, 1.54) is 38.5 Å². The molecular weight excluding hydrogens is 421 g/mol. The predicted octanol–water partition coefficient (Wildman–Crippen LogP) is 5.05. The van der Waals surface area contributed by atoms with Gasteiger partial charge in [0.2, 0.25) is 0 Å². The van der Waals surface area contributed by atoms with E-state index in [9.17, 15) is 8.42 Å². The van der Waals surface area contributed by atoms with Gasteiger partial charge < -0.3 is 9.47 Å². The first-order valence-electron chi connectivity index (χ1n) is 7.27. The normalized spacial score (nSPS) is 11.1. The lowest BCUT2D eigenvalue weighted by atomic mass is 10.3. The SMILES string of the molecule is C=CCN(c1cc(Cl)ccc1OC)S(=O)(=O)c1ccc(OC)c(Cl)c1Cl. The zero-order valence-electron chi connectivity index (χ0n) is 14.0. The first-order chi connectivity index (χ1) is 12.3. The molecule has 0 saturated heterocycles. The van der Waals surface area contributed by atoms with Crippen molar-refractivity contribution in [3.05, 3.63) is 58.1 Å². The summed E-state index contributed by atoms with van der Waals surface area (Å²) in [6, 6.07) is 7.42. The fourth-order valence-corrected chi connectivity index (χ4v) is 4.71. The highest BCUT2D eigenvalue weighted by Gasteiger charge is 2.30. The number of rotatable bonds is 7. The van der Waals surface area contributed by atoms with E-state index in [4.69, 9.17) is 44.3 Å². The van der Waals surface area contributed by atoms with Gasteiger partial charge in [0.25, 0.3) is 10.0 Å². The quantitative estimate of drug-likeness (QED) is 0.570. The molecule has 0 fully saturated rings. The van der Waals surface area contributed by atoms with E-state index >= 15 is 0 Å². The number of hydrogen-bond acceptors (Lipinski definition) is 4. The van der Waals surface area contributed by atoms with Gasteiger partial charge in [0, 0.05) is 5.02 Å². The van der Waals surface area contributed by atoms with Gasteiger partial charge in [-0.15, -0.1) is 6.58 Å². The number of ether oxygens (including phenoxy) is 2. The molecule has 26 heavy (non-hydrogen) atoms. The molecule has 0 bridgehead atoms. The average molecular weight is 437 g/mol. The number of methoxy groups -OCH3 is 2. The fourth-order valence-electron chi connectivity index (χ4n) is 2.29. The van der Waals surface area contributed by atoms with Crippen molar-refractivity contribution in [1.82, 2.24) is 0 Å². The molecule has 2 aromatic rings. The van der Waals surface area contributed by atoms with Crippen molar-refractivity contribution in [2.24, 2.45) is 0 Å². The minimum atomic E-state index is -4.09. The van der Waals surface area contributed by atoms with Crippen molar-refractivity contribution < 1.29 is 17.9 Å². The van der Waals surface area contributed by atoms with E-state index in [2.05, 4.69) is 6.58 Å². The highest BCUT2D eigenvalue weighted by Crippen LogP contribution is 2.40. The second kappa shape index (κ2) is 8.39. The molecule has 0 aliphatic heterocycles. The summed E-state index contributed by atoms with van der Waals surface area (Å²) in [4.78, 5) is -0.172. The Morgan fingerprint density at radius 1 is 1.04 bits per heavy atom. The molecule has 0 radical (unpaired) electrons. The summed E-state index contributed by atoms with van der Waals surface area (Å²) in [5, 5.41) is 0.219. The van der Waals surface area contributed by atoms with Crippen LogP contribution in [0.5, 0.6) is 11.5 Å². The topological polar surface area (TPSA) is 55.8 Å². The highest BCUT2D eigenvalue weighted by atomic mass is 35.5. The smallest absolute Gasteiger partial charge is 0.266 e. The molecule has 2 aromatic carbocycles. The van der Waals surface area contributed by atoms with Crippen molar-refractivity contribution in [2.45, 2.75) is 4.90 Å². The molecule has 0 spiro atoms. The molecular formula is C17H16Cl3NO4S. The lowest BCUT2D eigenvalue weighted by Crippen LogP contribution is -2.31. The summed E-state index contributed by atoms with van der Waals surface area (Å²) >= 11 is 18.4. The van der Waals surface area contributed by atoms with Gasteiger partial charge in [-0.3, -0.25) is 4.31 Å². The van der Waals surface area contributed by atoms with Crippen molar-refractivity contribution in [2.75, 3.05) is 25.1 Å². The van der Waals surface area contributed by atoms with Gasteiger partial charge in [-0.25, -0.2) is 8.42 Å². The highest BCUT2D eigenvalue weighted by molar-refractivity contribution is 7.93. The predicted molar refractivity (Wildman–Crippen MR) is 106 cm³/mol. The Labute approximate surface area is 167 Å². The van der Waals surface area contributed by atoms with Gasteiger partial charge in [0.15, 0.2) is 0 Å². The number of nitrogens with zero attached hydrogens (tertiary/aromatic N) is 1. The Kier molecular flexibility index (Phi) is 6.69. The number of hydrogen-bond donors (Lipinski definition) is 0. The third kappa shape index (κ3) is 3.88. The maximum atomic E-state index is 13.3. The third-order valence-corrected chi connectivity index (χ3v) is 6.54. The van der Waals surface area contributed by atoms with Gasteiger partial charge in [-0.05, 0) is 30.3 Å². The van der Waals surface area contributed by atoms with Crippen molar-refractivity contribution in [3.8, 4) is 11.5 Å². The average Bonchev–Trinajstić information content (AvgIpc) is 2.61. The number of sulfonamides is 1. The zero-order chi connectivity index (χ0) is 19.5. The van der Waals surface area contributed by atoms with Crippen LogP contribution in [-0.4, -0.2) is 29.2 Å². The molecule has 9 heteroatoms. The van der Waals surface area contributed by atoms with E-state index in [-0.39, 0.29) is 32.9 Å². The molecule has 0 heterocycles. The van der Waals surface area contributed by atoms with Gasteiger partial charge in [-0.1, -0.05) is 40.9 Å². The van der Waals surface area contributed by atoms with Crippen LogP contribution < -0.4 is 13.8 Å². The third-order valence-electron chi connectivity index (χ3n) is 3.50. The Bertz CT molecular complexity index is 932. The van der Waals surface area contributed by atoms with Gasteiger partial charge in [-0.2, -0.15) is 0 Å². The summed E-state index contributed by atoms with van der Waals surface area (Å²) in [5.74, 6) is 0.599. The molecule has 0 saturated carbocycles. The van der Waals surface area contributed by atoms with E-state index in [1.54, 1.807) is 12.1 Å². The lowest BCUT2D eigenvalue weighted by molar-refractivity contribution is 0.414. The van der Waals surface area contributed by atoms with Crippen molar-refractivity contribution in [3.63, 3.8) is 0 Å². The van der Waals surface area contributed by atoms with E-state index in [0.717, 1.165) is 4.31 Å². The summed E-state index contributed by atoms with van der Waals surface area (Å²) in [6.07, 6.45) is 1.44. The second-order valence-electron chi connectivity index (χ2n) is 5.03. The van der Waals surface area contributed by atoms with E-state index in [0.29, 0.717) is 10.8 Å². The Morgan fingerprint density at radius 3 is 2.23 bits per heavy atom.